The van der Waals surface area contributed by atoms with Crippen LogP contribution >= 0.6 is 15.9 Å². The van der Waals surface area contributed by atoms with Gasteiger partial charge in [-0.3, -0.25) is 10.1 Å². The van der Waals surface area contributed by atoms with Gasteiger partial charge in [-0.05, 0) is 28.8 Å². The van der Waals surface area contributed by atoms with Crippen LogP contribution in [0.2, 0.25) is 0 Å². The summed E-state index contributed by atoms with van der Waals surface area (Å²) < 4.78 is 0.540. The third kappa shape index (κ3) is 3.63. The molecule has 2 rings (SSSR count). The summed E-state index contributed by atoms with van der Waals surface area (Å²) >= 11 is 3.27. The van der Waals surface area contributed by atoms with Crippen molar-refractivity contribution in [2.75, 3.05) is 5.32 Å². The lowest BCUT2D eigenvalue weighted by Gasteiger charge is -2.22. The Labute approximate surface area is 119 Å². The quantitative estimate of drug-likeness (QED) is 0.505. The molecule has 2 unspecified atom stereocenters. The molecular formula is C12H16BrN3O3. The van der Waals surface area contributed by atoms with E-state index in [0.717, 1.165) is 32.1 Å². The van der Waals surface area contributed by atoms with E-state index in [0.29, 0.717) is 10.3 Å². The van der Waals surface area contributed by atoms with Gasteiger partial charge in [0, 0.05) is 6.07 Å². The van der Waals surface area contributed by atoms with Crippen molar-refractivity contribution in [2.45, 2.75) is 44.2 Å². The van der Waals surface area contributed by atoms with Crippen LogP contribution in [0, 0.1) is 10.1 Å². The molecule has 1 aliphatic carbocycles. The molecule has 1 heterocycles. The molecule has 0 radical (unpaired) electrons. The monoisotopic (exact) mass is 329 g/mol. The van der Waals surface area contributed by atoms with Crippen molar-refractivity contribution < 1.29 is 10.0 Å². The largest absolute Gasteiger partial charge is 0.391 e. The van der Waals surface area contributed by atoms with Crippen LogP contribution in [0.25, 0.3) is 0 Å². The van der Waals surface area contributed by atoms with Crippen LogP contribution in [0.1, 0.15) is 32.1 Å². The van der Waals surface area contributed by atoms with Crippen molar-refractivity contribution in [3.63, 3.8) is 0 Å². The second kappa shape index (κ2) is 6.29. The summed E-state index contributed by atoms with van der Waals surface area (Å²) in [5.41, 5.74) is -0.0566. The molecule has 19 heavy (non-hydrogen) atoms. The average molecular weight is 330 g/mol. The van der Waals surface area contributed by atoms with E-state index in [2.05, 4.69) is 26.2 Å². The molecule has 0 aliphatic heterocycles. The number of nitrogens with one attached hydrogen (secondary N) is 1. The summed E-state index contributed by atoms with van der Waals surface area (Å²) in [4.78, 5) is 14.2. The number of nitro groups is 1. The normalized spacial score (nSPS) is 23.7. The second-order valence-corrected chi connectivity index (χ2v) is 5.59. The summed E-state index contributed by atoms with van der Waals surface area (Å²) in [6, 6.07) is 1.37. The number of aliphatic hydroxyl groups is 1. The molecule has 0 saturated heterocycles. The number of hydrogen-bond acceptors (Lipinski definition) is 5. The van der Waals surface area contributed by atoms with Crippen molar-refractivity contribution in [3.8, 4) is 0 Å². The van der Waals surface area contributed by atoms with Crippen LogP contribution in [0.15, 0.2) is 16.7 Å². The van der Waals surface area contributed by atoms with Gasteiger partial charge in [0.1, 0.15) is 12.0 Å². The Morgan fingerprint density at radius 3 is 2.84 bits per heavy atom. The first-order chi connectivity index (χ1) is 9.08. The Bertz CT molecular complexity index is 470. The SMILES string of the molecule is O=[N+]([O-])c1cnc(NC2CCCCCC2O)c(Br)c1. The smallest absolute Gasteiger partial charge is 0.288 e. The molecule has 0 spiro atoms. The van der Waals surface area contributed by atoms with Crippen LogP contribution < -0.4 is 5.32 Å². The number of halogens is 1. The molecular weight excluding hydrogens is 314 g/mol. The summed E-state index contributed by atoms with van der Waals surface area (Å²) in [5.74, 6) is 0.538. The van der Waals surface area contributed by atoms with E-state index in [9.17, 15) is 15.2 Å². The highest BCUT2D eigenvalue weighted by atomic mass is 79.9. The maximum absolute atomic E-state index is 10.6. The maximum atomic E-state index is 10.6. The minimum absolute atomic E-state index is 0.0484. The molecule has 1 aromatic heterocycles. The molecule has 0 bridgehead atoms. The van der Waals surface area contributed by atoms with Gasteiger partial charge in [-0.15, -0.1) is 0 Å². The zero-order chi connectivity index (χ0) is 13.8. The fourth-order valence-corrected chi connectivity index (χ4v) is 2.72. The number of nitrogens with zero attached hydrogens (tertiary/aromatic N) is 2. The van der Waals surface area contributed by atoms with Crippen LogP contribution in [0.4, 0.5) is 11.5 Å². The Kier molecular flexibility index (Phi) is 4.71. The van der Waals surface area contributed by atoms with Gasteiger partial charge >= 0.3 is 0 Å². The highest BCUT2D eigenvalue weighted by Crippen LogP contribution is 2.27. The molecule has 104 valence electrons. The number of rotatable bonds is 3. The van der Waals surface area contributed by atoms with Crippen LogP contribution in [-0.4, -0.2) is 27.2 Å². The number of anilines is 1. The van der Waals surface area contributed by atoms with Crippen molar-refractivity contribution in [1.29, 1.82) is 0 Å². The molecule has 6 nitrogen and oxygen atoms in total. The van der Waals surface area contributed by atoms with Crippen molar-refractivity contribution in [3.05, 3.63) is 26.9 Å². The first-order valence-electron chi connectivity index (χ1n) is 6.32. The van der Waals surface area contributed by atoms with Gasteiger partial charge in [0.2, 0.25) is 0 Å². The number of aromatic nitrogens is 1. The van der Waals surface area contributed by atoms with Gasteiger partial charge < -0.3 is 10.4 Å². The van der Waals surface area contributed by atoms with Crippen molar-refractivity contribution >= 4 is 27.4 Å². The molecule has 2 atom stereocenters. The lowest BCUT2D eigenvalue weighted by molar-refractivity contribution is -0.385. The van der Waals surface area contributed by atoms with Crippen molar-refractivity contribution in [1.82, 2.24) is 4.98 Å². The number of aliphatic hydroxyl groups excluding tert-OH is 1. The fourth-order valence-electron chi connectivity index (χ4n) is 2.27. The standard InChI is InChI=1S/C12H16BrN3O3/c13-9-6-8(16(18)19)7-14-12(9)15-10-4-2-1-3-5-11(10)17/h6-7,10-11,17H,1-5H2,(H,14,15). The molecule has 1 saturated carbocycles. The van der Waals surface area contributed by atoms with Crippen LogP contribution in [0.3, 0.4) is 0 Å². The van der Waals surface area contributed by atoms with E-state index in [1.54, 1.807) is 0 Å². The van der Waals surface area contributed by atoms with Gasteiger partial charge in [0.15, 0.2) is 0 Å². The lowest BCUT2D eigenvalue weighted by atomic mass is 10.1. The summed E-state index contributed by atoms with van der Waals surface area (Å²) in [7, 11) is 0. The van der Waals surface area contributed by atoms with Gasteiger partial charge in [-0.2, -0.15) is 0 Å². The van der Waals surface area contributed by atoms with Gasteiger partial charge in [0.25, 0.3) is 5.69 Å². The predicted octanol–water partition coefficient (Wildman–Crippen LogP) is 2.86. The Hall–Kier alpha value is -1.21. The molecule has 0 amide bonds. The van der Waals surface area contributed by atoms with Gasteiger partial charge in [-0.1, -0.05) is 19.3 Å². The molecule has 1 aromatic rings. The lowest BCUT2D eigenvalue weighted by Crippen LogP contribution is -2.32. The van der Waals surface area contributed by atoms with E-state index >= 15 is 0 Å². The Morgan fingerprint density at radius 2 is 2.16 bits per heavy atom. The zero-order valence-corrected chi connectivity index (χ0v) is 12.0. The maximum Gasteiger partial charge on any atom is 0.288 e. The summed E-state index contributed by atoms with van der Waals surface area (Å²) in [5, 5.41) is 23.8. The summed E-state index contributed by atoms with van der Waals surface area (Å²) in [6.07, 6.45) is 5.72. The van der Waals surface area contributed by atoms with E-state index < -0.39 is 11.0 Å². The van der Waals surface area contributed by atoms with Gasteiger partial charge in [-0.25, -0.2) is 4.98 Å². The molecule has 7 heteroatoms. The number of pyridine rings is 1. The van der Waals surface area contributed by atoms with E-state index in [-0.39, 0.29) is 11.7 Å². The number of hydrogen-bond donors (Lipinski definition) is 2. The predicted molar refractivity (Wildman–Crippen MR) is 75.1 cm³/mol. The Morgan fingerprint density at radius 1 is 1.42 bits per heavy atom. The fraction of sp³-hybridized carbons (Fsp3) is 0.583. The Balaban J connectivity index is 2.11. The first kappa shape index (κ1) is 14.2. The van der Waals surface area contributed by atoms with E-state index in [1.165, 1.54) is 12.3 Å². The second-order valence-electron chi connectivity index (χ2n) is 4.74. The zero-order valence-electron chi connectivity index (χ0n) is 10.4. The van der Waals surface area contributed by atoms with Gasteiger partial charge in [0.05, 0.1) is 21.5 Å². The average Bonchev–Trinajstić information content (AvgIpc) is 2.57. The highest BCUT2D eigenvalue weighted by Gasteiger charge is 2.23. The molecule has 1 fully saturated rings. The topological polar surface area (TPSA) is 88.3 Å². The molecule has 2 N–H and O–H groups in total. The van der Waals surface area contributed by atoms with Crippen LogP contribution in [-0.2, 0) is 0 Å². The van der Waals surface area contributed by atoms with Crippen molar-refractivity contribution in [2.24, 2.45) is 0 Å². The van der Waals surface area contributed by atoms with E-state index in [1.807, 2.05) is 0 Å². The molecule has 0 aromatic carbocycles. The van der Waals surface area contributed by atoms with E-state index in [4.69, 9.17) is 0 Å². The minimum atomic E-state index is -0.484. The highest BCUT2D eigenvalue weighted by molar-refractivity contribution is 9.10. The summed E-state index contributed by atoms with van der Waals surface area (Å²) in [6.45, 7) is 0. The minimum Gasteiger partial charge on any atom is -0.391 e. The van der Waals surface area contributed by atoms with Crippen LogP contribution in [0.5, 0.6) is 0 Å². The molecule has 1 aliphatic rings. The third-order valence-electron chi connectivity index (χ3n) is 3.34. The first-order valence-corrected chi connectivity index (χ1v) is 7.12. The third-order valence-corrected chi connectivity index (χ3v) is 3.94.